The van der Waals surface area contributed by atoms with Gasteiger partial charge in [0.1, 0.15) is 0 Å². The molecule has 2 rings (SSSR count). The molecule has 0 bridgehead atoms. The molecule has 0 atom stereocenters. The minimum atomic E-state index is -3.34. The van der Waals surface area contributed by atoms with Crippen LogP contribution in [0.4, 0.5) is 0 Å². The fourth-order valence-electron chi connectivity index (χ4n) is 2.70. The van der Waals surface area contributed by atoms with Crippen LogP contribution in [0.2, 0.25) is 0 Å². The second-order valence-electron chi connectivity index (χ2n) is 5.62. The summed E-state index contributed by atoms with van der Waals surface area (Å²) >= 11 is 0. The Morgan fingerprint density at radius 2 is 1.78 bits per heavy atom. The summed E-state index contributed by atoms with van der Waals surface area (Å²) in [5.74, 6) is 1.35. The topological polar surface area (TPSA) is 82.8 Å². The molecule has 0 aliphatic carbocycles. The SMILES string of the molecule is CCCc1noc(CN2CCN(S(=O)(=O)N(CC)CC)CC2)n1. The van der Waals surface area contributed by atoms with Crippen LogP contribution in [0.15, 0.2) is 4.52 Å². The Hall–Kier alpha value is -1.03. The maximum absolute atomic E-state index is 12.5. The standard InChI is InChI=1S/C14H27N5O3S/c1-4-7-13-15-14(22-16-13)12-17-8-10-19(11-9-17)23(20,21)18(5-2)6-3/h4-12H2,1-3H3. The van der Waals surface area contributed by atoms with E-state index in [0.29, 0.717) is 51.7 Å². The minimum Gasteiger partial charge on any atom is -0.338 e. The smallest absolute Gasteiger partial charge is 0.282 e. The fourth-order valence-corrected chi connectivity index (χ4v) is 4.31. The molecule has 1 aromatic heterocycles. The van der Waals surface area contributed by atoms with Crippen molar-refractivity contribution in [1.82, 2.24) is 23.7 Å². The van der Waals surface area contributed by atoms with Crippen LogP contribution in [0.3, 0.4) is 0 Å². The molecule has 132 valence electrons. The van der Waals surface area contributed by atoms with Crippen LogP contribution in [-0.4, -0.2) is 71.3 Å². The van der Waals surface area contributed by atoms with Crippen LogP contribution in [0, 0.1) is 0 Å². The van der Waals surface area contributed by atoms with Gasteiger partial charge in [-0.05, 0) is 6.42 Å². The van der Waals surface area contributed by atoms with Crippen LogP contribution >= 0.6 is 0 Å². The lowest BCUT2D eigenvalue weighted by Crippen LogP contribution is -2.52. The fraction of sp³-hybridized carbons (Fsp3) is 0.857. The maximum atomic E-state index is 12.5. The molecule has 1 aliphatic rings. The van der Waals surface area contributed by atoms with E-state index < -0.39 is 10.2 Å². The van der Waals surface area contributed by atoms with E-state index in [1.165, 1.54) is 4.31 Å². The molecule has 0 unspecified atom stereocenters. The third-order valence-electron chi connectivity index (χ3n) is 4.03. The molecule has 0 saturated carbocycles. The first-order chi connectivity index (χ1) is 11.0. The summed E-state index contributed by atoms with van der Waals surface area (Å²) in [5, 5.41) is 3.95. The van der Waals surface area contributed by atoms with Gasteiger partial charge in [-0.25, -0.2) is 0 Å². The number of piperazine rings is 1. The van der Waals surface area contributed by atoms with Crippen LogP contribution in [0.1, 0.15) is 38.9 Å². The van der Waals surface area contributed by atoms with Gasteiger partial charge in [0.05, 0.1) is 6.54 Å². The summed E-state index contributed by atoms with van der Waals surface area (Å²) in [6.45, 7) is 9.72. The van der Waals surface area contributed by atoms with Gasteiger partial charge in [0.15, 0.2) is 5.82 Å². The van der Waals surface area contributed by atoms with Crippen molar-refractivity contribution in [2.24, 2.45) is 0 Å². The maximum Gasteiger partial charge on any atom is 0.282 e. The summed E-state index contributed by atoms with van der Waals surface area (Å²) in [7, 11) is -3.34. The molecule has 9 heteroatoms. The van der Waals surface area contributed by atoms with E-state index in [1.807, 2.05) is 13.8 Å². The Kier molecular flexibility index (Phi) is 6.51. The van der Waals surface area contributed by atoms with E-state index in [-0.39, 0.29) is 0 Å². The summed E-state index contributed by atoms with van der Waals surface area (Å²) < 4.78 is 33.3. The lowest BCUT2D eigenvalue weighted by molar-refractivity contribution is 0.158. The van der Waals surface area contributed by atoms with Crippen molar-refractivity contribution in [1.29, 1.82) is 0 Å². The first-order valence-electron chi connectivity index (χ1n) is 8.30. The summed E-state index contributed by atoms with van der Waals surface area (Å²) in [6.07, 6.45) is 1.81. The predicted octanol–water partition coefficient (Wildman–Crippen LogP) is 0.726. The van der Waals surface area contributed by atoms with Gasteiger partial charge < -0.3 is 4.52 Å². The second-order valence-corrected chi connectivity index (χ2v) is 7.55. The molecule has 1 fully saturated rings. The molecule has 0 aromatic carbocycles. The molecular weight excluding hydrogens is 318 g/mol. The van der Waals surface area contributed by atoms with E-state index in [0.717, 1.165) is 18.7 Å². The Morgan fingerprint density at radius 3 is 2.35 bits per heavy atom. The van der Waals surface area contributed by atoms with Gasteiger partial charge >= 0.3 is 0 Å². The number of rotatable bonds is 8. The zero-order valence-electron chi connectivity index (χ0n) is 14.2. The largest absolute Gasteiger partial charge is 0.338 e. The van der Waals surface area contributed by atoms with Gasteiger partial charge in [-0.1, -0.05) is 25.9 Å². The highest BCUT2D eigenvalue weighted by Crippen LogP contribution is 2.13. The molecule has 0 spiro atoms. The molecule has 0 N–H and O–H groups in total. The lowest BCUT2D eigenvalue weighted by Gasteiger charge is -2.35. The van der Waals surface area contributed by atoms with Crippen molar-refractivity contribution >= 4 is 10.2 Å². The summed E-state index contributed by atoms with van der Waals surface area (Å²) in [6, 6.07) is 0. The average molecular weight is 345 g/mol. The van der Waals surface area contributed by atoms with Gasteiger partial charge in [0, 0.05) is 45.7 Å². The van der Waals surface area contributed by atoms with Gasteiger partial charge in [0.2, 0.25) is 5.89 Å². The molecule has 1 aliphatic heterocycles. The Labute approximate surface area is 138 Å². The Morgan fingerprint density at radius 1 is 1.13 bits per heavy atom. The molecule has 0 amide bonds. The van der Waals surface area contributed by atoms with Crippen LogP contribution in [-0.2, 0) is 23.2 Å². The average Bonchev–Trinajstić information content (AvgIpc) is 2.96. The van der Waals surface area contributed by atoms with Crippen molar-refractivity contribution in [2.75, 3.05) is 39.3 Å². The van der Waals surface area contributed by atoms with E-state index in [4.69, 9.17) is 4.52 Å². The number of nitrogens with zero attached hydrogens (tertiary/aromatic N) is 5. The third-order valence-corrected chi connectivity index (χ3v) is 6.22. The van der Waals surface area contributed by atoms with Crippen molar-refractivity contribution in [3.05, 3.63) is 11.7 Å². The Bertz CT molecular complexity index is 577. The highest BCUT2D eigenvalue weighted by molar-refractivity contribution is 7.86. The van der Waals surface area contributed by atoms with E-state index in [1.54, 1.807) is 4.31 Å². The van der Waals surface area contributed by atoms with Crippen LogP contribution in [0.25, 0.3) is 0 Å². The molecule has 1 saturated heterocycles. The van der Waals surface area contributed by atoms with Crippen molar-refractivity contribution in [3.8, 4) is 0 Å². The number of hydrogen-bond acceptors (Lipinski definition) is 6. The summed E-state index contributed by atoms with van der Waals surface area (Å²) in [4.78, 5) is 6.51. The number of hydrogen-bond donors (Lipinski definition) is 0. The third kappa shape index (κ3) is 4.50. The molecule has 1 aromatic rings. The number of aryl methyl sites for hydroxylation is 1. The minimum absolute atomic E-state index is 0.495. The second kappa shape index (κ2) is 8.18. The zero-order chi connectivity index (χ0) is 16.9. The predicted molar refractivity (Wildman–Crippen MR) is 87.0 cm³/mol. The highest BCUT2D eigenvalue weighted by atomic mass is 32.2. The molecule has 23 heavy (non-hydrogen) atoms. The van der Waals surface area contributed by atoms with Gasteiger partial charge in [-0.15, -0.1) is 0 Å². The van der Waals surface area contributed by atoms with Gasteiger partial charge in [-0.3, -0.25) is 4.90 Å². The van der Waals surface area contributed by atoms with E-state index in [2.05, 4.69) is 22.0 Å². The number of aromatic nitrogens is 2. The van der Waals surface area contributed by atoms with Crippen molar-refractivity contribution in [2.45, 2.75) is 40.2 Å². The molecule has 0 radical (unpaired) electrons. The van der Waals surface area contributed by atoms with E-state index >= 15 is 0 Å². The highest BCUT2D eigenvalue weighted by Gasteiger charge is 2.31. The summed E-state index contributed by atoms with van der Waals surface area (Å²) in [5.41, 5.74) is 0. The first kappa shape index (κ1) is 18.3. The molecular formula is C14H27N5O3S. The normalized spacial score (nSPS) is 17.9. The van der Waals surface area contributed by atoms with Crippen molar-refractivity contribution in [3.63, 3.8) is 0 Å². The Balaban J connectivity index is 1.88. The van der Waals surface area contributed by atoms with Crippen LogP contribution < -0.4 is 0 Å². The molecule has 8 nitrogen and oxygen atoms in total. The van der Waals surface area contributed by atoms with E-state index in [9.17, 15) is 8.42 Å². The van der Waals surface area contributed by atoms with Crippen LogP contribution in [0.5, 0.6) is 0 Å². The zero-order valence-corrected chi connectivity index (χ0v) is 15.0. The van der Waals surface area contributed by atoms with Gasteiger partial charge in [0.25, 0.3) is 10.2 Å². The monoisotopic (exact) mass is 345 g/mol. The van der Waals surface area contributed by atoms with Crippen molar-refractivity contribution < 1.29 is 12.9 Å². The lowest BCUT2D eigenvalue weighted by atomic mass is 10.3. The quantitative estimate of drug-likeness (QED) is 0.691. The molecule has 2 heterocycles. The first-order valence-corrected chi connectivity index (χ1v) is 9.69. The van der Waals surface area contributed by atoms with Gasteiger partial charge in [-0.2, -0.15) is 22.0 Å².